The highest BCUT2D eigenvalue weighted by atomic mass is 32.2. The van der Waals surface area contributed by atoms with Crippen molar-refractivity contribution < 1.29 is 17.9 Å². The number of rotatable bonds is 10. The van der Waals surface area contributed by atoms with Crippen LogP contribution in [0, 0.1) is 6.92 Å². The topological polar surface area (TPSA) is 93.5 Å². The molecule has 1 aromatic heterocycles. The summed E-state index contributed by atoms with van der Waals surface area (Å²) >= 11 is 0. The smallest absolute Gasteiger partial charge is 0.318 e. The van der Waals surface area contributed by atoms with Gasteiger partial charge in [-0.15, -0.1) is 0 Å². The molecular formula is C22H32N4O4S. The Balaban J connectivity index is 1.88. The van der Waals surface area contributed by atoms with Crippen molar-refractivity contribution in [2.45, 2.75) is 69.7 Å². The third-order valence-electron chi connectivity index (χ3n) is 5.17. The number of benzene rings is 1. The number of urea groups is 1. The van der Waals surface area contributed by atoms with E-state index >= 15 is 0 Å². The predicted octanol–water partition coefficient (Wildman–Crippen LogP) is 2.89. The predicted molar refractivity (Wildman–Crippen MR) is 118 cm³/mol. The van der Waals surface area contributed by atoms with E-state index in [-0.39, 0.29) is 29.0 Å². The summed E-state index contributed by atoms with van der Waals surface area (Å²) in [6, 6.07) is 7.50. The number of aromatic nitrogens is 2. The molecule has 8 nitrogen and oxygen atoms in total. The molecule has 1 N–H and O–H groups in total. The van der Waals surface area contributed by atoms with Crippen LogP contribution in [-0.4, -0.2) is 54.7 Å². The first-order valence-corrected chi connectivity index (χ1v) is 12.2. The number of amides is 2. The molecule has 9 heteroatoms. The zero-order valence-electron chi connectivity index (χ0n) is 18.7. The fourth-order valence-electron chi connectivity index (χ4n) is 3.41. The van der Waals surface area contributed by atoms with E-state index in [1.165, 1.54) is 0 Å². The Kier molecular flexibility index (Phi) is 7.38. The molecular weight excluding hydrogens is 416 g/mol. The van der Waals surface area contributed by atoms with Gasteiger partial charge in [0.15, 0.2) is 0 Å². The molecule has 170 valence electrons. The second kappa shape index (κ2) is 9.82. The van der Waals surface area contributed by atoms with Crippen LogP contribution in [0.1, 0.15) is 43.5 Å². The van der Waals surface area contributed by atoms with Gasteiger partial charge in [-0.05, 0) is 39.2 Å². The minimum Gasteiger partial charge on any atom is -0.383 e. The summed E-state index contributed by atoms with van der Waals surface area (Å²) in [6.07, 6.45) is 3.47. The number of carbonyl (C=O) groups excluding carboxylic acids is 1. The second-order valence-electron chi connectivity index (χ2n) is 8.38. The van der Waals surface area contributed by atoms with Gasteiger partial charge in [-0.1, -0.05) is 29.8 Å². The van der Waals surface area contributed by atoms with E-state index < -0.39 is 9.84 Å². The van der Waals surface area contributed by atoms with E-state index in [4.69, 9.17) is 4.74 Å². The van der Waals surface area contributed by atoms with Crippen molar-refractivity contribution in [1.82, 2.24) is 19.8 Å². The maximum absolute atomic E-state index is 13.2. The zero-order valence-corrected chi connectivity index (χ0v) is 19.5. The van der Waals surface area contributed by atoms with E-state index in [1.807, 2.05) is 45.0 Å². The van der Waals surface area contributed by atoms with E-state index in [9.17, 15) is 13.2 Å². The van der Waals surface area contributed by atoms with Crippen molar-refractivity contribution in [3.63, 3.8) is 0 Å². The lowest BCUT2D eigenvalue weighted by Gasteiger charge is -2.25. The summed E-state index contributed by atoms with van der Waals surface area (Å²) in [7, 11) is -2.10. The van der Waals surface area contributed by atoms with Gasteiger partial charge in [0, 0.05) is 25.7 Å². The first-order valence-electron chi connectivity index (χ1n) is 10.6. The maximum atomic E-state index is 13.2. The highest BCUT2D eigenvalue weighted by molar-refractivity contribution is 7.90. The number of ether oxygens (including phenoxy) is 1. The summed E-state index contributed by atoms with van der Waals surface area (Å²) < 4.78 is 33.2. The van der Waals surface area contributed by atoms with Gasteiger partial charge in [0.05, 0.1) is 30.8 Å². The zero-order chi connectivity index (χ0) is 22.6. The van der Waals surface area contributed by atoms with Gasteiger partial charge in [-0.2, -0.15) is 0 Å². The highest BCUT2D eigenvalue weighted by Crippen LogP contribution is 2.29. The van der Waals surface area contributed by atoms with Crippen LogP contribution >= 0.6 is 0 Å². The van der Waals surface area contributed by atoms with Crippen molar-refractivity contribution >= 4 is 15.9 Å². The molecule has 0 atom stereocenters. The van der Waals surface area contributed by atoms with Crippen molar-refractivity contribution in [1.29, 1.82) is 0 Å². The van der Waals surface area contributed by atoms with E-state index in [0.29, 0.717) is 31.0 Å². The monoisotopic (exact) mass is 448 g/mol. The molecule has 1 aliphatic carbocycles. The molecule has 31 heavy (non-hydrogen) atoms. The summed E-state index contributed by atoms with van der Waals surface area (Å²) in [5.41, 5.74) is 2.47. The fraction of sp³-hybridized carbons (Fsp3) is 0.545. The van der Waals surface area contributed by atoms with Crippen molar-refractivity contribution in [3.8, 4) is 0 Å². The average Bonchev–Trinajstić information content (AvgIpc) is 3.45. The molecule has 0 unspecified atom stereocenters. The van der Waals surface area contributed by atoms with Gasteiger partial charge >= 0.3 is 6.03 Å². The second-order valence-corrected chi connectivity index (χ2v) is 10.3. The van der Waals surface area contributed by atoms with Crippen LogP contribution in [0.2, 0.25) is 0 Å². The third-order valence-corrected chi connectivity index (χ3v) is 6.76. The SMILES string of the molecule is COCCn1c(CN(C(=O)NC(C)C)C2CC2)cnc1S(=O)(=O)Cc1ccc(C)cc1. The molecule has 1 fully saturated rings. The molecule has 0 spiro atoms. The Morgan fingerprint density at radius 1 is 1.29 bits per heavy atom. The van der Waals surface area contributed by atoms with Crippen molar-refractivity contribution in [3.05, 3.63) is 47.3 Å². The first-order chi connectivity index (χ1) is 14.7. The Hall–Kier alpha value is -2.39. The number of imidazole rings is 1. The number of aryl methyl sites for hydroxylation is 1. The minimum atomic E-state index is -3.67. The molecule has 3 rings (SSSR count). The van der Waals surface area contributed by atoms with Gasteiger partial charge in [0.1, 0.15) is 0 Å². The number of nitrogens with one attached hydrogen (secondary N) is 1. The molecule has 0 radical (unpaired) electrons. The van der Waals surface area contributed by atoms with Gasteiger partial charge < -0.3 is 19.5 Å². The Bertz CT molecular complexity index is 995. The first kappa shape index (κ1) is 23.3. The van der Waals surface area contributed by atoms with Gasteiger partial charge in [-0.3, -0.25) is 0 Å². The fourth-order valence-corrected chi connectivity index (χ4v) is 4.93. The lowest BCUT2D eigenvalue weighted by molar-refractivity contribution is 0.177. The Labute approximate surface area is 184 Å². The Morgan fingerprint density at radius 3 is 2.55 bits per heavy atom. The maximum Gasteiger partial charge on any atom is 0.318 e. The number of carbonyl (C=O) groups is 1. The number of nitrogens with zero attached hydrogens (tertiary/aromatic N) is 3. The summed E-state index contributed by atoms with van der Waals surface area (Å²) in [6.45, 7) is 6.79. The van der Waals surface area contributed by atoms with E-state index in [1.54, 1.807) is 22.8 Å². The lowest BCUT2D eigenvalue weighted by atomic mass is 10.2. The van der Waals surface area contributed by atoms with Crippen molar-refractivity contribution in [2.24, 2.45) is 0 Å². The molecule has 1 aliphatic rings. The molecule has 1 saturated carbocycles. The van der Waals surface area contributed by atoms with E-state index in [0.717, 1.165) is 18.4 Å². The molecule has 2 aromatic rings. The Morgan fingerprint density at radius 2 is 1.97 bits per heavy atom. The summed E-state index contributed by atoms with van der Waals surface area (Å²) in [5, 5.41) is 2.95. The third kappa shape index (κ3) is 6.07. The quantitative estimate of drug-likeness (QED) is 0.603. The summed E-state index contributed by atoms with van der Waals surface area (Å²) in [4.78, 5) is 18.7. The lowest BCUT2D eigenvalue weighted by Crippen LogP contribution is -2.44. The van der Waals surface area contributed by atoms with Gasteiger partial charge in [0.25, 0.3) is 0 Å². The normalized spacial score (nSPS) is 14.1. The van der Waals surface area contributed by atoms with Crippen LogP contribution in [0.3, 0.4) is 0 Å². The number of hydrogen-bond donors (Lipinski definition) is 1. The highest BCUT2D eigenvalue weighted by Gasteiger charge is 2.34. The largest absolute Gasteiger partial charge is 0.383 e. The van der Waals surface area contributed by atoms with Crippen molar-refractivity contribution in [2.75, 3.05) is 13.7 Å². The molecule has 1 aromatic carbocycles. The van der Waals surface area contributed by atoms with Crippen LogP contribution < -0.4 is 5.32 Å². The van der Waals surface area contributed by atoms with Crippen LogP contribution in [0.25, 0.3) is 0 Å². The number of sulfone groups is 1. The molecule has 2 amide bonds. The molecule has 0 bridgehead atoms. The van der Waals surface area contributed by atoms with Crippen LogP contribution in [0.5, 0.6) is 0 Å². The van der Waals surface area contributed by atoms with Gasteiger partial charge in [-0.25, -0.2) is 18.2 Å². The van der Waals surface area contributed by atoms with Crippen LogP contribution in [-0.2, 0) is 33.4 Å². The molecule has 0 saturated heterocycles. The van der Waals surface area contributed by atoms with Crippen LogP contribution in [0.4, 0.5) is 4.79 Å². The molecule has 1 heterocycles. The average molecular weight is 449 g/mol. The van der Waals surface area contributed by atoms with Crippen LogP contribution in [0.15, 0.2) is 35.6 Å². The van der Waals surface area contributed by atoms with Gasteiger partial charge in [0.2, 0.25) is 15.0 Å². The van der Waals surface area contributed by atoms with E-state index in [2.05, 4.69) is 10.3 Å². The summed E-state index contributed by atoms with van der Waals surface area (Å²) in [5.74, 6) is -0.128. The number of methoxy groups -OCH3 is 1. The minimum absolute atomic E-state index is 0.0140. The standard InChI is InChI=1S/C22H32N4O4S/c1-16(2)24-21(27)26(19-9-10-19)14-20-13-23-22(25(20)11-12-30-4)31(28,29)15-18-7-5-17(3)6-8-18/h5-8,13,16,19H,9-12,14-15H2,1-4H3,(H,24,27). The molecule has 0 aliphatic heterocycles. The number of hydrogen-bond acceptors (Lipinski definition) is 5.